The number of ether oxygens (including phenoxy) is 1. The Morgan fingerprint density at radius 3 is 2.10 bits per heavy atom. The number of esters is 1. The number of hydrogen-bond acceptors (Lipinski definition) is 4. The maximum atomic E-state index is 13.0. The molecule has 1 aliphatic carbocycles. The predicted octanol–water partition coefficient (Wildman–Crippen LogP) is 3.71. The van der Waals surface area contributed by atoms with E-state index in [4.69, 9.17) is 9.84 Å². The molecule has 0 aromatic heterocycles. The first-order valence-electron chi connectivity index (χ1n) is 10.3. The Morgan fingerprint density at radius 1 is 1.06 bits per heavy atom. The van der Waals surface area contributed by atoms with Crippen LogP contribution in [0.2, 0.25) is 0 Å². The molecule has 1 N–H and O–H groups in total. The zero-order valence-electron chi connectivity index (χ0n) is 17.8. The van der Waals surface area contributed by atoms with E-state index >= 15 is 0 Å². The van der Waals surface area contributed by atoms with Gasteiger partial charge in [0.25, 0.3) is 0 Å². The van der Waals surface area contributed by atoms with Gasteiger partial charge in [-0.1, -0.05) is 68.5 Å². The third-order valence-electron chi connectivity index (χ3n) is 5.53. The fraction of sp³-hybridized carbons (Fsp3) is 0.320. The van der Waals surface area contributed by atoms with Gasteiger partial charge in [0, 0.05) is 12.5 Å². The maximum absolute atomic E-state index is 13.0. The van der Waals surface area contributed by atoms with Crippen molar-refractivity contribution in [1.29, 1.82) is 0 Å². The molecule has 1 aliphatic rings. The van der Waals surface area contributed by atoms with Crippen LogP contribution in [0.4, 0.5) is 0 Å². The molecule has 0 heterocycles. The molecule has 0 aliphatic heterocycles. The lowest BCUT2D eigenvalue weighted by atomic mass is 9.93. The zero-order valence-corrected chi connectivity index (χ0v) is 17.8. The molecular weight excluding hydrogens is 394 g/mol. The highest BCUT2D eigenvalue weighted by molar-refractivity contribution is 5.99. The van der Waals surface area contributed by atoms with Gasteiger partial charge in [-0.3, -0.25) is 14.4 Å². The average molecular weight is 421 g/mol. The smallest absolute Gasteiger partial charge is 0.323 e. The van der Waals surface area contributed by atoms with E-state index in [1.54, 1.807) is 13.8 Å². The highest BCUT2D eigenvalue weighted by Crippen LogP contribution is 2.44. The van der Waals surface area contributed by atoms with E-state index in [0.717, 1.165) is 27.2 Å². The number of hydrogen-bond donors (Lipinski definition) is 1. The van der Waals surface area contributed by atoms with Crippen LogP contribution in [-0.4, -0.2) is 47.5 Å². The molecule has 0 bridgehead atoms. The van der Waals surface area contributed by atoms with Gasteiger partial charge in [0.1, 0.15) is 19.1 Å². The third kappa shape index (κ3) is 4.68. The second-order valence-electron chi connectivity index (χ2n) is 7.98. The summed E-state index contributed by atoms with van der Waals surface area (Å²) in [7, 11) is 0. The van der Waals surface area contributed by atoms with Crippen molar-refractivity contribution >= 4 is 17.8 Å². The number of rotatable bonds is 9. The molecule has 1 atom stereocenters. The zero-order chi connectivity index (χ0) is 22.5. The summed E-state index contributed by atoms with van der Waals surface area (Å²) in [4.78, 5) is 38.2. The Labute approximate surface area is 182 Å². The SMILES string of the molecule is C=CCN(CC(=O)O)C(=O)[C@@H](C(=O)OCC1c2ccccc2-c2ccccc21)C(C)C. The van der Waals surface area contributed by atoms with Crippen LogP contribution in [0.15, 0.2) is 61.2 Å². The van der Waals surface area contributed by atoms with Crippen LogP contribution in [0.1, 0.15) is 30.9 Å². The predicted molar refractivity (Wildman–Crippen MR) is 117 cm³/mol. The van der Waals surface area contributed by atoms with Gasteiger partial charge in [-0.25, -0.2) is 0 Å². The van der Waals surface area contributed by atoms with Crippen molar-refractivity contribution in [2.75, 3.05) is 19.7 Å². The van der Waals surface area contributed by atoms with Crippen molar-refractivity contribution in [2.45, 2.75) is 19.8 Å². The Balaban J connectivity index is 1.79. The summed E-state index contributed by atoms with van der Waals surface area (Å²) in [5.74, 6) is -3.88. The quantitative estimate of drug-likeness (QED) is 0.379. The van der Waals surface area contributed by atoms with Crippen molar-refractivity contribution in [3.8, 4) is 11.1 Å². The molecular formula is C25H27NO5. The van der Waals surface area contributed by atoms with Crippen molar-refractivity contribution < 1.29 is 24.2 Å². The van der Waals surface area contributed by atoms with E-state index in [0.29, 0.717) is 0 Å². The molecule has 3 rings (SSSR count). The topological polar surface area (TPSA) is 83.9 Å². The van der Waals surface area contributed by atoms with Crippen LogP contribution in [0.3, 0.4) is 0 Å². The molecule has 0 saturated carbocycles. The lowest BCUT2D eigenvalue weighted by Crippen LogP contribution is -2.44. The molecule has 162 valence electrons. The first-order valence-corrected chi connectivity index (χ1v) is 10.3. The molecule has 0 fully saturated rings. The number of benzene rings is 2. The average Bonchev–Trinajstić information content (AvgIpc) is 3.05. The minimum absolute atomic E-state index is 0.0466. The number of amides is 1. The van der Waals surface area contributed by atoms with Crippen LogP contribution in [0, 0.1) is 11.8 Å². The molecule has 1 amide bonds. The van der Waals surface area contributed by atoms with Crippen LogP contribution in [-0.2, 0) is 19.1 Å². The van der Waals surface area contributed by atoms with E-state index in [1.807, 2.05) is 36.4 Å². The van der Waals surface area contributed by atoms with Crippen LogP contribution >= 0.6 is 0 Å². The van der Waals surface area contributed by atoms with Crippen LogP contribution in [0.5, 0.6) is 0 Å². The van der Waals surface area contributed by atoms with E-state index in [-0.39, 0.29) is 25.0 Å². The largest absolute Gasteiger partial charge is 0.480 e. The van der Waals surface area contributed by atoms with Gasteiger partial charge in [0.15, 0.2) is 0 Å². The monoisotopic (exact) mass is 421 g/mol. The maximum Gasteiger partial charge on any atom is 0.323 e. The first kappa shape index (κ1) is 22.3. The molecule has 6 nitrogen and oxygen atoms in total. The minimum Gasteiger partial charge on any atom is -0.480 e. The standard InChI is InChI=1S/C25H27NO5/c1-4-13-26(14-22(27)28)24(29)23(16(2)3)25(30)31-15-21-19-11-7-5-9-17(19)18-10-6-8-12-20(18)21/h4-12,16,21,23H,1,13-15H2,2-3H3,(H,27,28)/t23-/m0/s1. The number of aliphatic carboxylic acids is 1. The van der Waals surface area contributed by atoms with Gasteiger partial charge in [-0.05, 0) is 28.2 Å². The summed E-state index contributed by atoms with van der Waals surface area (Å²) in [5, 5.41) is 9.11. The van der Waals surface area contributed by atoms with Crippen molar-refractivity contribution in [2.24, 2.45) is 11.8 Å². The molecule has 31 heavy (non-hydrogen) atoms. The molecule has 2 aromatic carbocycles. The summed E-state index contributed by atoms with van der Waals surface area (Å²) in [6, 6.07) is 16.0. The lowest BCUT2D eigenvalue weighted by Gasteiger charge is -2.26. The Morgan fingerprint density at radius 2 is 1.61 bits per heavy atom. The summed E-state index contributed by atoms with van der Waals surface area (Å²) in [6.45, 7) is 6.73. The molecule has 6 heteroatoms. The molecule has 2 aromatic rings. The normalized spacial score (nSPS) is 13.3. The molecule has 0 unspecified atom stereocenters. The van der Waals surface area contributed by atoms with Crippen LogP contribution in [0.25, 0.3) is 11.1 Å². The summed E-state index contributed by atoms with van der Waals surface area (Å²) in [6.07, 6.45) is 1.44. The van der Waals surface area contributed by atoms with Crippen molar-refractivity contribution in [3.05, 3.63) is 72.3 Å². The number of nitrogens with zero attached hydrogens (tertiary/aromatic N) is 1. The summed E-state index contributed by atoms with van der Waals surface area (Å²) < 4.78 is 5.66. The molecule has 0 radical (unpaired) electrons. The van der Waals surface area contributed by atoms with Gasteiger partial charge >= 0.3 is 11.9 Å². The molecule has 0 spiro atoms. The highest BCUT2D eigenvalue weighted by Gasteiger charge is 2.36. The summed E-state index contributed by atoms with van der Waals surface area (Å²) >= 11 is 0. The van der Waals surface area contributed by atoms with Gasteiger partial charge in [0.05, 0.1) is 0 Å². The Bertz CT molecular complexity index is 951. The number of carboxylic acid groups (broad SMARTS) is 1. The Kier molecular flexibility index (Phi) is 6.90. The lowest BCUT2D eigenvalue weighted by molar-refractivity contribution is -0.160. The van der Waals surface area contributed by atoms with Crippen molar-refractivity contribution in [3.63, 3.8) is 0 Å². The van der Waals surface area contributed by atoms with Gasteiger partial charge in [0.2, 0.25) is 5.91 Å². The van der Waals surface area contributed by atoms with Crippen molar-refractivity contribution in [1.82, 2.24) is 4.90 Å². The van der Waals surface area contributed by atoms with E-state index in [1.165, 1.54) is 6.08 Å². The summed E-state index contributed by atoms with van der Waals surface area (Å²) in [5.41, 5.74) is 4.41. The minimum atomic E-state index is -1.15. The number of carbonyl (C=O) groups excluding carboxylic acids is 2. The first-order chi connectivity index (χ1) is 14.8. The second kappa shape index (κ2) is 9.60. The number of carbonyl (C=O) groups is 3. The van der Waals surface area contributed by atoms with Gasteiger partial charge < -0.3 is 14.7 Å². The number of fused-ring (bicyclic) bond motifs is 3. The van der Waals surface area contributed by atoms with E-state index in [9.17, 15) is 14.4 Å². The van der Waals surface area contributed by atoms with E-state index in [2.05, 4.69) is 18.7 Å². The molecule has 0 saturated heterocycles. The van der Waals surface area contributed by atoms with E-state index < -0.39 is 30.3 Å². The van der Waals surface area contributed by atoms with Gasteiger partial charge in [-0.15, -0.1) is 6.58 Å². The third-order valence-corrected chi connectivity index (χ3v) is 5.53. The highest BCUT2D eigenvalue weighted by atomic mass is 16.5. The Hall–Kier alpha value is -3.41. The van der Waals surface area contributed by atoms with Crippen LogP contribution < -0.4 is 0 Å². The second-order valence-corrected chi connectivity index (χ2v) is 7.98. The fourth-order valence-electron chi connectivity index (χ4n) is 4.10. The number of carboxylic acids is 1. The van der Waals surface area contributed by atoms with Gasteiger partial charge in [-0.2, -0.15) is 0 Å². The fourth-order valence-corrected chi connectivity index (χ4v) is 4.10.